The van der Waals surface area contributed by atoms with E-state index in [4.69, 9.17) is 21.1 Å². The molecule has 2 rings (SSSR count). The van der Waals surface area contributed by atoms with E-state index in [2.05, 4.69) is 0 Å². The van der Waals surface area contributed by atoms with E-state index in [0.29, 0.717) is 23.7 Å². The van der Waals surface area contributed by atoms with Gasteiger partial charge in [0.15, 0.2) is 0 Å². The average molecular weight is 362 g/mol. The summed E-state index contributed by atoms with van der Waals surface area (Å²) in [6.45, 7) is 4.80. The van der Waals surface area contributed by atoms with E-state index in [-0.39, 0.29) is 11.9 Å². The molecular weight excluding hydrogens is 338 g/mol. The van der Waals surface area contributed by atoms with Crippen LogP contribution in [0.5, 0.6) is 5.75 Å². The normalized spacial score (nSPS) is 11.9. The zero-order valence-electron chi connectivity index (χ0n) is 15.1. The molecule has 5 heteroatoms. The topological polar surface area (TPSA) is 38.8 Å². The van der Waals surface area contributed by atoms with Crippen molar-refractivity contribution in [2.24, 2.45) is 0 Å². The van der Waals surface area contributed by atoms with E-state index in [1.54, 1.807) is 31.3 Å². The predicted octanol–water partition coefficient (Wildman–Crippen LogP) is 4.33. The highest BCUT2D eigenvalue weighted by Gasteiger charge is 2.22. The Hall–Kier alpha value is -2.04. The minimum Gasteiger partial charge on any atom is -0.497 e. The standard InChI is InChI=1S/C20H24ClNO3/c1-14-10-17(8-9-19(14)21)20(23)22(15(2)13-24-3)12-16-6-5-7-18(11-16)25-4/h5-11,15H,12-13H2,1-4H3. The largest absolute Gasteiger partial charge is 0.497 e. The van der Waals surface area contributed by atoms with E-state index >= 15 is 0 Å². The number of rotatable bonds is 7. The molecule has 25 heavy (non-hydrogen) atoms. The molecule has 2 aromatic rings. The van der Waals surface area contributed by atoms with Gasteiger partial charge in [0.2, 0.25) is 0 Å². The van der Waals surface area contributed by atoms with Crippen molar-refractivity contribution in [1.82, 2.24) is 4.90 Å². The van der Waals surface area contributed by atoms with Gasteiger partial charge in [-0.2, -0.15) is 0 Å². The SMILES string of the molecule is COCC(C)N(Cc1cccc(OC)c1)C(=O)c1ccc(Cl)c(C)c1. The van der Waals surface area contributed by atoms with Crippen molar-refractivity contribution in [2.75, 3.05) is 20.8 Å². The first-order valence-corrected chi connectivity index (χ1v) is 8.53. The number of amides is 1. The molecule has 1 unspecified atom stereocenters. The number of nitrogens with zero attached hydrogens (tertiary/aromatic N) is 1. The summed E-state index contributed by atoms with van der Waals surface area (Å²) >= 11 is 6.08. The first-order valence-electron chi connectivity index (χ1n) is 8.15. The van der Waals surface area contributed by atoms with Crippen LogP contribution in [0.25, 0.3) is 0 Å². The number of hydrogen-bond donors (Lipinski definition) is 0. The smallest absolute Gasteiger partial charge is 0.254 e. The number of benzene rings is 2. The third-order valence-corrected chi connectivity index (χ3v) is 4.52. The molecule has 0 aliphatic carbocycles. The third-order valence-electron chi connectivity index (χ3n) is 4.09. The zero-order valence-corrected chi connectivity index (χ0v) is 15.8. The zero-order chi connectivity index (χ0) is 18.4. The van der Waals surface area contributed by atoms with Crippen LogP contribution < -0.4 is 4.74 Å². The van der Waals surface area contributed by atoms with E-state index in [0.717, 1.165) is 16.9 Å². The lowest BCUT2D eigenvalue weighted by Gasteiger charge is -2.29. The maximum absolute atomic E-state index is 13.1. The van der Waals surface area contributed by atoms with E-state index in [1.807, 2.05) is 44.2 Å². The quantitative estimate of drug-likeness (QED) is 0.736. The van der Waals surface area contributed by atoms with E-state index in [1.165, 1.54) is 0 Å². The van der Waals surface area contributed by atoms with Crippen LogP contribution in [0.1, 0.15) is 28.4 Å². The van der Waals surface area contributed by atoms with E-state index < -0.39 is 0 Å². The second-order valence-corrected chi connectivity index (χ2v) is 6.46. The van der Waals surface area contributed by atoms with Gasteiger partial charge in [-0.05, 0) is 55.3 Å². The number of methoxy groups -OCH3 is 2. The van der Waals surface area contributed by atoms with Crippen molar-refractivity contribution in [3.8, 4) is 5.75 Å². The molecule has 0 saturated carbocycles. The molecule has 0 aromatic heterocycles. The molecule has 0 bridgehead atoms. The van der Waals surface area contributed by atoms with Gasteiger partial charge in [0.1, 0.15) is 5.75 Å². The van der Waals surface area contributed by atoms with Crippen LogP contribution in [0.15, 0.2) is 42.5 Å². The first-order chi connectivity index (χ1) is 12.0. The molecule has 134 valence electrons. The highest BCUT2D eigenvalue weighted by molar-refractivity contribution is 6.31. The monoisotopic (exact) mass is 361 g/mol. The third kappa shape index (κ3) is 4.97. The van der Waals surface area contributed by atoms with Crippen LogP contribution in [-0.2, 0) is 11.3 Å². The Morgan fingerprint density at radius 2 is 1.96 bits per heavy atom. The van der Waals surface area contributed by atoms with Gasteiger partial charge in [-0.15, -0.1) is 0 Å². The molecule has 1 atom stereocenters. The van der Waals surface area contributed by atoms with Crippen LogP contribution in [0.3, 0.4) is 0 Å². The summed E-state index contributed by atoms with van der Waals surface area (Å²) in [5.74, 6) is 0.721. The fraction of sp³-hybridized carbons (Fsp3) is 0.350. The highest BCUT2D eigenvalue weighted by atomic mass is 35.5. The lowest BCUT2D eigenvalue weighted by atomic mass is 10.1. The van der Waals surface area contributed by atoms with Crippen molar-refractivity contribution in [1.29, 1.82) is 0 Å². The van der Waals surface area contributed by atoms with Gasteiger partial charge in [0.25, 0.3) is 5.91 Å². The van der Waals surface area contributed by atoms with Gasteiger partial charge in [-0.25, -0.2) is 0 Å². The predicted molar refractivity (Wildman–Crippen MR) is 100 cm³/mol. The molecular formula is C20H24ClNO3. The number of carbonyl (C=O) groups is 1. The lowest BCUT2D eigenvalue weighted by Crippen LogP contribution is -2.40. The second kappa shape index (κ2) is 8.88. The van der Waals surface area contributed by atoms with Gasteiger partial charge in [-0.3, -0.25) is 4.79 Å². The summed E-state index contributed by atoms with van der Waals surface area (Å²) in [6, 6.07) is 13.0. The van der Waals surface area contributed by atoms with Crippen molar-refractivity contribution in [3.05, 3.63) is 64.2 Å². The van der Waals surface area contributed by atoms with Gasteiger partial charge < -0.3 is 14.4 Å². The van der Waals surface area contributed by atoms with Crippen LogP contribution in [-0.4, -0.2) is 37.7 Å². The summed E-state index contributed by atoms with van der Waals surface area (Å²) in [5.41, 5.74) is 2.50. The molecule has 0 heterocycles. The summed E-state index contributed by atoms with van der Waals surface area (Å²) in [5, 5.41) is 0.654. The van der Waals surface area contributed by atoms with Gasteiger partial charge in [0.05, 0.1) is 19.8 Å². The molecule has 0 N–H and O–H groups in total. The number of hydrogen-bond acceptors (Lipinski definition) is 3. The number of halogens is 1. The maximum atomic E-state index is 13.1. The van der Waals surface area contributed by atoms with Crippen LogP contribution in [0.2, 0.25) is 5.02 Å². The minimum atomic E-state index is -0.0697. The second-order valence-electron chi connectivity index (χ2n) is 6.05. The van der Waals surface area contributed by atoms with Crippen LogP contribution in [0, 0.1) is 6.92 Å². The molecule has 0 saturated heterocycles. The average Bonchev–Trinajstić information content (AvgIpc) is 2.61. The van der Waals surface area contributed by atoms with Gasteiger partial charge >= 0.3 is 0 Å². The first kappa shape index (κ1) is 19.3. The lowest BCUT2D eigenvalue weighted by molar-refractivity contribution is 0.0542. The summed E-state index contributed by atoms with van der Waals surface area (Å²) in [4.78, 5) is 14.9. The van der Waals surface area contributed by atoms with Gasteiger partial charge in [-0.1, -0.05) is 23.7 Å². The summed E-state index contributed by atoms with van der Waals surface area (Å²) in [7, 11) is 3.27. The minimum absolute atomic E-state index is 0.0489. The Balaban J connectivity index is 2.30. The van der Waals surface area contributed by atoms with Crippen molar-refractivity contribution < 1.29 is 14.3 Å². The Morgan fingerprint density at radius 1 is 1.20 bits per heavy atom. The van der Waals surface area contributed by atoms with Crippen molar-refractivity contribution in [3.63, 3.8) is 0 Å². The maximum Gasteiger partial charge on any atom is 0.254 e. The molecule has 0 aliphatic rings. The summed E-state index contributed by atoms with van der Waals surface area (Å²) < 4.78 is 10.5. The molecule has 4 nitrogen and oxygen atoms in total. The van der Waals surface area contributed by atoms with Crippen LogP contribution >= 0.6 is 11.6 Å². The molecule has 0 radical (unpaired) electrons. The molecule has 0 spiro atoms. The fourth-order valence-electron chi connectivity index (χ4n) is 2.67. The Bertz CT molecular complexity index is 733. The Morgan fingerprint density at radius 3 is 2.60 bits per heavy atom. The van der Waals surface area contributed by atoms with Gasteiger partial charge in [0, 0.05) is 24.2 Å². The van der Waals surface area contributed by atoms with E-state index in [9.17, 15) is 4.79 Å². The summed E-state index contributed by atoms with van der Waals surface area (Å²) in [6.07, 6.45) is 0. The van der Waals surface area contributed by atoms with Crippen molar-refractivity contribution in [2.45, 2.75) is 26.4 Å². The Labute approximate surface area is 154 Å². The molecule has 2 aromatic carbocycles. The highest BCUT2D eigenvalue weighted by Crippen LogP contribution is 2.21. The van der Waals surface area contributed by atoms with Crippen molar-refractivity contribution >= 4 is 17.5 Å². The number of ether oxygens (including phenoxy) is 2. The fourth-order valence-corrected chi connectivity index (χ4v) is 2.79. The molecule has 0 aliphatic heterocycles. The number of carbonyl (C=O) groups excluding carboxylic acids is 1. The molecule has 1 amide bonds. The van der Waals surface area contributed by atoms with Crippen LogP contribution in [0.4, 0.5) is 0 Å². The Kier molecular flexibility index (Phi) is 6.85. The number of aryl methyl sites for hydroxylation is 1. The molecule has 0 fully saturated rings.